The summed E-state index contributed by atoms with van der Waals surface area (Å²) in [6.07, 6.45) is 4.73. The van der Waals surface area contributed by atoms with Gasteiger partial charge < -0.3 is 25.7 Å². The number of nitrogens with one attached hydrogen (secondary N) is 3. The molecule has 1 fully saturated rings. The molecule has 2 aliphatic heterocycles. The highest BCUT2D eigenvalue weighted by atomic mass is 19.1. The number of fused-ring (bicyclic) bond motifs is 1. The fraction of sp³-hybridized carbons (Fsp3) is 0.348. The van der Waals surface area contributed by atoms with E-state index in [4.69, 9.17) is 10.1 Å². The molecule has 0 aliphatic carbocycles. The molecule has 2 aromatic carbocycles. The quantitative estimate of drug-likeness (QED) is 0.626. The van der Waals surface area contributed by atoms with E-state index in [1.54, 1.807) is 6.20 Å². The molecular formula is C23H26F2N4O. The van der Waals surface area contributed by atoms with Gasteiger partial charge in [0, 0.05) is 67.0 Å². The van der Waals surface area contributed by atoms with Gasteiger partial charge >= 0.3 is 0 Å². The van der Waals surface area contributed by atoms with Crippen molar-refractivity contribution in [2.75, 3.05) is 25.0 Å². The van der Waals surface area contributed by atoms with Gasteiger partial charge in [0.15, 0.2) is 11.6 Å². The third kappa shape index (κ3) is 3.89. The minimum atomic E-state index is -0.628. The number of ether oxygens (including phenoxy) is 1. The molecule has 0 aromatic heterocycles. The third-order valence-corrected chi connectivity index (χ3v) is 5.92. The van der Waals surface area contributed by atoms with E-state index in [2.05, 4.69) is 22.5 Å². The average Bonchev–Trinajstić information content (AvgIpc) is 2.70. The van der Waals surface area contributed by atoms with Crippen LogP contribution in [0.4, 0.5) is 14.5 Å². The molecule has 0 amide bonds. The van der Waals surface area contributed by atoms with Gasteiger partial charge in [-0.2, -0.15) is 0 Å². The van der Waals surface area contributed by atoms with Crippen LogP contribution in [0.15, 0.2) is 36.5 Å². The van der Waals surface area contributed by atoms with Gasteiger partial charge in [-0.25, -0.2) is 8.78 Å². The molecule has 2 aromatic rings. The Kier molecular flexibility index (Phi) is 5.72. The van der Waals surface area contributed by atoms with Gasteiger partial charge in [0.1, 0.15) is 11.6 Å². The Morgan fingerprint density at radius 2 is 2.07 bits per heavy atom. The Labute approximate surface area is 175 Å². The van der Waals surface area contributed by atoms with Crippen LogP contribution in [0, 0.1) is 17.0 Å². The molecule has 0 spiro atoms. The Morgan fingerprint density at radius 1 is 1.27 bits per heavy atom. The molecule has 1 atom stereocenters. The van der Waals surface area contributed by atoms with Crippen molar-refractivity contribution in [2.24, 2.45) is 0 Å². The first-order chi connectivity index (χ1) is 14.5. The summed E-state index contributed by atoms with van der Waals surface area (Å²) in [7, 11) is 2.02. The van der Waals surface area contributed by atoms with Crippen LogP contribution >= 0.6 is 0 Å². The molecule has 1 unspecified atom stereocenters. The summed E-state index contributed by atoms with van der Waals surface area (Å²) < 4.78 is 34.1. The van der Waals surface area contributed by atoms with E-state index in [1.807, 2.05) is 19.2 Å². The van der Waals surface area contributed by atoms with Gasteiger partial charge in [0.2, 0.25) is 0 Å². The third-order valence-electron chi connectivity index (χ3n) is 5.92. The van der Waals surface area contributed by atoms with E-state index in [0.717, 1.165) is 55.4 Å². The van der Waals surface area contributed by atoms with Crippen LogP contribution < -0.4 is 20.3 Å². The first kappa shape index (κ1) is 20.3. The summed E-state index contributed by atoms with van der Waals surface area (Å²) in [4.78, 5) is 2.17. The standard InChI is InChI=1S/C23H26F2N4O/c1-14-3-5-19-21(29(14)2)8-6-18(15(10-26)11-28-17-12-27-13-17)23(19)30-22-9-16(24)4-7-20(22)25/h4,6-11,14,17,26-28H,3,5,12-13H2,1-2H3/b15-11+,26-10?. The fourth-order valence-electron chi connectivity index (χ4n) is 3.79. The summed E-state index contributed by atoms with van der Waals surface area (Å²) in [6, 6.07) is 7.77. The maximum absolute atomic E-state index is 14.4. The minimum Gasteiger partial charge on any atom is -0.453 e. The van der Waals surface area contributed by atoms with Crippen molar-refractivity contribution in [3.05, 3.63) is 59.3 Å². The van der Waals surface area contributed by atoms with Crippen molar-refractivity contribution in [1.29, 1.82) is 5.41 Å². The maximum Gasteiger partial charge on any atom is 0.166 e. The van der Waals surface area contributed by atoms with E-state index >= 15 is 0 Å². The van der Waals surface area contributed by atoms with E-state index in [9.17, 15) is 8.78 Å². The van der Waals surface area contributed by atoms with Crippen molar-refractivity contribution in [3.8, 4) is 11.5 Å². The monoisotopic (exact) mass is 412 g/mol. The number of benzene rings is 2. The van der Waals surface area contributed by atoms with Crippen molar-refractivity contribution < 1.29 is 13.5 Å². The van der Waals surface area contributed by atoms with Crippen LogP contribution in [0.25, 0.3) is 5.57 Å². The van der Waals surface area contributed by atoms with Crippen molar-refractivity contribution in [1.82, 2.24) is 10.6 Å². The van der Waals surface area contributed by atoms with Gasteiger partial charge in [-0.3, -0.25) is 0 Å². The summed E-state index contributed by atoms with van der Waals surface area (Å²) in [5.74, 6) is -0.882. The molecule has 30 heavy (non-hydrogen) atoms. The predicted octanol–water partition coefficient (Wildman–Crippen LogP) is 4.08. The fourth-order valence-corrected chi connectivity index (χ4v) is 3.79. The molecule has 3 N–H and O–H groups in total. The Morgan fingerprint density at radius 3 is 2.77 bits per heavy atom. The number of nitrogens with zero attached hydrogens (tertiary/aromatic N) is 1. The Bertz CT molecular complexity index is 987. The van der Waals surface area contributed by atoms with Gasteiger partial charge in [0.25, 0.3) is 0 Å². The second-order valence-electron chi connectivity index (χ2n) is 7.88. The normalized spacial score (nSPS) is 19.1. The first-order valence-corrected chi connectivity index (χ1v) is 10.2. The second-order valence-corrected chi connectivity index (χ2v) is 7.88. The summed E-state index contributed by atoms with van der Waals surface area (Å²) in [6.45, 7) is 3.89. The molecule has 2 aliphatic rings. The largest absolute Gasteiger partial charge is 0.453 e. The zero-order valence-electron chi connectivity index (χ0n) is 17.1. The molecule has 5 nitrogen and oxygen atoms in total. The van der Waals surface area contributed by atoms with Crippen LogP contribution in [0.5, 0.6) is 11.5 Å². The van der Waals surface area contributed by atoms with E-state index in [-0.39, 0.29) is 5.75 Å². The zero-order chi connectivity index (χ0) is 21.3. The SMILES string of the molecule is CC1CCc2c(ccc(/C(C=N)=C/NC3CNC3)c2Oc2cc(F)ccc2F)N1C. The molecule has 4 rings (SSSR count). The van der Waals surface area contributed by atoms with Crippen LogP contribution in [-0.4, -0.2) is 38.4 Å². The van der Waals surface area contributed by atoms with Gasteiger partial charge in [-0.1, -0.05) is 0 Å². The molecular weight excluding hydrogens is 386 g/mol. The van der Waals surface area contributed by atoms with E-state index in [1.165, 1.54) is 6.21 Å². The highest BCUT2D eigenvalue weighted by Crippen LogP contribution is 2.42. The van der Waals surface area contributed by atoms with Crippen LogP contribution in [0.2, 0.25) is 0 Å². The first-order valence-electron chi connectivity index (χ1n) is 10.2. The van der Waals surface area contributed by atoms with Crippen molar-refractivity contribution in [3.63, 3.8) is 0 Å². The summed E-state index contributed by atoms with van der Waals surface area (Å²) in [5.41, 5.74) is 3.24. The Hall–Kier alpha value is -2.93. The van der Waals surface area contributed by atoms with Crippen LogP contribution in [-0.2, 0) is 6.42 Å². The number of anilines is 1. The lowest BCUT2D eigenvalue weighted by atomic mass is 9.92. The lowest BCUT2D eigenvalue weighted by Gasteiger charge is -2.35. The molecule has 7 heteroatoms. The number of hydrogen-bond donors (Lipinski definition) is 3. The summed E-state index contributed by atoms with van der Waals surface area (Å²) in [5, 5.41) is 14.4. The van der Waals surface area contributed by atoms with Gasteiger partial charge in [-0.05, 0) is 44.0 Å². The number of rotatable bonds is 6. The topological polar surface area (TPSA) is 60.4 Å². The smallest absolute Gasteiger partial charge is 0.166 e. The molecule has 0 bridgehead atoms. The molecule has 158 valence electrons. The highest BCUT2D eigenvalue weighted by Gasteiger charge is 2.26. The second kappa shape index (κ2) is 8.44. The predicted molar refractivity (Wildman–Crippen MR) is 116 cm³/mol. The average molecular weight is 412 g/mol. The van der Waals surface area contributed by atoms with E-state index in [0.29, 0.717) is 29.0 Å². The number of hydrogen-bond acceptors (Lipinski definition) is 5. The van der Waals surface area contributed by atoms with Crippen LogP contribution in [0.3, 0.4) is 0 Å². The van der Waals surface area contributed by atoms with Crippen LogP contribution in [0.1, 0.15) is 24.5 Å². The molecule has 1 saturated heterocycles. The van der Waals surface area contributed by atoms with Gasteiger partial charge in [-0.15, -0.1) is 0 Å². The Balaban J connectivity index is 1.80. The van der Waals surface area contributed by atoms with Crippen molar-refractivity contribution in [2.45, 2.75) is 31.8 Å². The maximum atomic E-state index is 14.4. The van der Waals surface area contributed by atoms with Gasteiger partial charge in [0.05, 0.1) is 6.04 Å². The molecule has 2 heterocycles. The van der Waals surface area contributed by atoms with E-state index < -0.39 is 11.6 Å². The number of allylic oxidation sites excluding steroid dienone is 1. The zero-order valence-corrected chi connectivity index (χ0v) is 17.1. The lowest BCUT2D eigenvalue weighted by molar-refractivity contribution is 0.401. The number of halogens is 2. The molecule has 0 radical (unpaired) electrons. The molecule has 0 saturated carbocycles. The summed E-state index contributed by atoms with van der Waals surface area (Å²) >= 11 is 0. The van der Waals surface area contributed by atoms with Crippen molar-refractivity contribution >= 4 is 17.5 Å². The minimum absolute atomic E-state index is 0.161. The highest BCUT2D eigenvalue weighted by molar-refractivity contribution is 6.09. The lowest BCUT2D eigenvalue weighted by Crippen LogP contribution is -2.53.